The van der Waals surface area contributed by atoms with Crippen molar-refractivity contribution < 1.29 is 19.0 Å². The number of methoxy groups -OCH3 is 1. The summed E-state index contributed by atoms with van der Waals surface area (Å²) in [6.07, 6.45) is 3.28. The number of allylic oxidation sites excluding steroid dienone is 1. The summed E-state index contributed by atoms with van der Waals surface area (Å²) in [5.74, 6) is 0.942. The SMILES string of the molecule is CCCC1=C(C(=O)OCC)[C@H](c2c(OC)ccc3ccccc23)n2c(s/c(=C\c3cc(I)c(OC(C)C)c(I)c3)c2=O)=N1. The standard InChI is InChI=1S/C33H32I2N2O5S/c1-6-10-24-28(32(39)41-7-2)29(27-21-12-9-8-11-20(21)13-14-25(27)40-5)37-31(38)26(43-33(37)36-24)17-19-15-22(34)30(23(35)16-19)42-18(3)4/h8-9,11-18,29H,6-7,10H2,1-5H3/b26-17-/t29-/m0/s1. The minimum absolute atomic E-state index is 0.0496. The molecular formula is C33H32I2N2O5S. The number of aromatic nitrogens is 1. The summed E-state index contributed by atoms with van der Waals surface area (Å²) in [4.78, 5) is 33.5. The Morgan fingerprint density at radius 1 is 1.12 bits per heavy atom. The lowest BCUT2D eigenvalue weighted by Gasteiger charge is -2.28. The van der Waals surface area contributed by atoms with E-state index in [-0.39, 0.29) is 18.3 Å². The van der Waals surface area contributed by atoms with Crippen molar-refractivity contribution in [1.29, 1.82) is 0 Å². The summed E-state index contributed by atoms with van der Waals surface area (Å²) >= 11 is 5.86. The van der Waals surface area contributed by atoms with E-state index in [9.17, 15) is 9.59 Å². The maximum Gasteiger partial charge on any atom is 0.338 e. The first-order valence-electron chi connectivity index (χ1n) is 14.1. The molecule has 0 radical (unpaired) electrons. The topological polar surface area (TPSA) is 79.1 Å². The van der Waals surface area contributed by atoms with Gasteiger partial charge < -0.3 is 14.2 Å². The third kappa shape index (κ3) is 6.28. The number of thiazole rings is 1. The average Bonchev–Trinajstić information content (AvgIpc) is 3.28. The number of fused-ring (bicyclic) bond motifs is 2. The van der Waals surface area contributed by atoms with Gasteiger partial charge in [0.25, 0.3) is 5.56 Å². The summed E-state index contributed by atoms with van der Waals surface area (Å²) in [7, 11) is 1.61. The Hall–Kier alpha value is -2.71. The third-order valence-corrected chi connectivity index (χ3v) is 9.57. The Bertz CT molecular complexity index is 1900. The number of ether oxygens (including phenoxy) is 3. The molecule has 0 spiro atoms. The second-order valence-electron chi connectivity index (χ2n) is 10.3. The number of carbonyl (C=O) groups is 1. The van der Waals surface area contributed by atoms with Crippen molar-refractivity contribution >= 4 is 79.3 Å². The summed E-state index contributed by atoms with van der Waals surface area (Å²) in [6, 6.07) is 15.0. The van der Waals surface area contributed by atoms with Gasteiger partial charge in [0.15, 0.2) is 4.80 Å². The lowest BCUT2D eigenvalue weighted by molar-refractivity contribution is -0.139. The predicted molar refractivity (Wildman–Crippen MR) is 188 cm³/mol. The predicted octanol–water partition coefficient (Wildman–Crippen LogP) is 6.74. The number of benzene rings is 3. The van der Waals surface area contributed by atoms with Crippen molar-refractivity contribution in [3.05, 3.63) is 97.8 Å². The van der Waals surface area contributed by atoms with Crippen LogP contribution in [0.5, 0.6) is 11.5 Å². The number of hydrogen-bond donors (Lipinski definition) is 0. The van der Waals surface area contributed by atoms with Crippen LogP contribution in [0, 0.1) is 7.14 Å². The zero-order valence-electron chi connectivity index (χ0n) is 24.6. The van der Waals surface area contributed by atoms with E-state index in [1.165, 1.54) is 11.3 Å². The maximum absolute atomic E-state index is 14.3. The van der Waals surface area contributed by atoms with Gasteiger partial charge in [-0.2, -0.15) is 0 Å². The highest BCUT2D eigenvalue weighted by molar-refractivity contribution is 14.1. The van der Waals surface area contributed by atoms with E-state index in [1.54, 1.807) is 18.6 Å². The summed E-state index contributed by atoms with van der Waals surface area (Å²) in [5, 5.41) is 1.87. The average molecular weight is 823 g/mol. The van der Waals surface area contributed by atoms with Crippen LogP contribution in [0.4, 0.5) is 0 Å². The molecule has 0 bridgehead atoms. The number of esters is 1. The highest BCUT2D eigenvalue weighted by atomic mass is 127. The fourth-order valence-corrected chi connectivity index (χ4v) is 8.38. The Labute approximate surface area is 281 Å². The van der Waals surface area contributed by atoms with Crippen molar-refractivity contribution in [2.45, 2.75) is 52.7 Å². The molecule has 1 aromatic heterocycles. The van der Waals surface area contributed by atoms with Crippen molar-refractivity contribution in [2.24, 2.45) is 4.99 Å². The summed E-state index contributed by atoms with van der Waals surface area (Å²) < 4.78 is 21.6. The van der Waals surface area contributed by atoms with Crippen LogP contribution in [-0.4, -0.2) is 30.4 Å². The Morgan fingerprint density at radius 2 is 1.84 bits per heavy atom. The van der Waals surface area contributed by atoms with E-state index in [1.807, 2.05) is 75.4 Å². The largest absolute Gasteiger partial charge is 0.496 e. The molecule has 0 saturated heterocycles. The van der Waals surface area contributed by atoms with Crippen LogP contribution in [0.25, 0.3) is 16.8 Å². The van der Waals surface area contributed by atoms with Gasteiger partial charge in [0.1, 0.15) is 17.5 Å². The molecule has 1 aliphatic rings. The second-order valence-corrected chi connectivity index (χ2v) is 13.6. The maximum atomic E-state index is 14.3. The fraction of sp³-hybridized carbons (Fsp3) is 0.303. The smallest absolute Gasteiger partial charge is 0.338 e. The van der Waals surface area contributed by atoms with Gasteiger partial charge in [-0.3, -0.25) is 9.36 Å². The first kappa shape index (κ1) is 31.7. The summed E-state index contributed by atoms with van der Waals surface area (Å²) in [6.45, 7) is 8.03. The molecule has 1 aliphatic heterocycles. The Morgan fingerprint density at radius 3 is 2.49 bits per heavy atom. The molecule has 3 aromatic carbocycles. The highest BCUT2D eigenvalue weighted by Gasteiger charge is 2.37. The van der Waals surface area contributed by atoms with E-state index in [0.717, 1.165) is 41.2 Å². The van der Waals surface area contributed by atoms with Crippen molar-refractivity contribution in [3.8, 4) is 11.5 Å². The highest BCUT2D eigenvalue weighted by Crippen LogP contribution is 2.41. The van der Waals surface area contributed by atoms with Gasteiger partial charge in [-0.15, -0.1) is 0 Å². The molecule has 5 rings (SSSR count). The van der Waals surface area contributed by atoms with Crippen LogP contribution < -0.4 is 24.4 Å². The van der Waals surface area contributed by atoms with Gasteiger partial charge >= 0.3 is 5.97 Å². The molecule has 2 heterocycles. The van der Waals surface area contributed by atoms with Crippen molar-refractivity contribution in [2.75, 3.05) is 13.7 Å². The van der Waals surface area contributed by atoms with Crippen LogP contribution in [0.2, 0.25) is 0 Å². The van der Waals surface area contributed by atoms with Gasteiger partial charge in [-0.25, -0.2) is 9.79 Å². The van der Waals surface area contributed by atoms with E-state index >= 15 is 0 Å². The Kier molecular flexibility index (Phi) is 9.96. The third-order valence-electron chi connectivity index (χ3n) is 6.99. The van der Waals surface area contributed by atoms with E-state index in [4.69, 9.17) is 19.2 Å². The molecule has 0 aliphatic carbocycles. The molecule has 0 N–H and O–H groups in total. The van der Waals surface area contributed by atoms with Gasteiger partial charge in [0.05, 0.1) is 42.8 Å². The summed E-state index contributed by atoms with van der Waals surface area (Å²) in [5.41, 5.74) is 2.39. The van der Waals surface area contributed by atoms with Crippen LogP contribution in [0.1, 0.15) is 57.7 Å². The molecule has 43 heavy (non-hydrogen) atoms. The minimum atomic E-state index is -0.776. The first-order chi connectivity index (χ1) is 20.7. The Balaban J connectivity index is 1.82. The van der Waals surface area contributed by atoms with Gasteiger partial charge in [0, 0.05) is 5.56 Å². The second kappa shape index (κ2) is 13.5. The van der Waals surface area contributed by atoms with Crippen LogP contribution in [0.3, 0.4) is 0 Å². The molecule has 0 amide bonds. The quantitative estimate of drug-likeness (QED) is 0.138. The molecule has 0 saturated carbocycles. The van der Waals surface area contributed by atoms with E-state index < -0.39 is 12.0 Å². The van der Waals surface area contributed by atoms with Gasteiger partial charge in [-0.1, -0.05) is 55.0 Å². The molecule has 0 fully saturated rings. The van der Waals surface area contributed by atoms with Gasteiger partial charge in [-0.05, 0) is 113 Å². The number of carbonyl (C=O) groups excluding carboxylic acids is 1. The van der Waals surface area contributed by atoms with Gasteiger partial charge in [0.2, 0.25) is 0 Å². The normalized spacial score (nSPS) is 15.1. The van der Waals surface area contributed by atoms with Crippen LogP contribution >= 0.6 is 56.5 Å². The number of rotatable bonds is 9. The number of halogens is 2. The number of hydrogen-bond acceptors (Lipinski definition) is 7. The van der Waals surface area contributed by atoms with Crippen molar-refractivity contribution in [1.82, 2.24) is 4.57 Å². The number of nitrogens with zero attached hydrogens (tertiary/aromatic N) is 2. The van der Waals surface area contributed by atoms with E-state index in [2.05, 4.69) is 45.2 Å². The molecule has 1 atom stereocenters. The monoisotopic (exact) mass is 822 g/mol. The molecule has 7 nitrogen and oxygen atoms in total. The van der Waals surface area contributed by atoms with E-state index in [0.29, 0.717) is 32.8 Å². The minimum Gasteiger partial charge on any atom is -0.496 e. The van der Waals surface area contributed by atoms with Crippen LogP contribution in [-0.2, 0) is 9.53 Å². The molecule has 0 unspecified atom stereocenters. The zero-order valence-corrected chi connectivity index (χ0v) is 29.7. The fourth-order valence-electron chi connectivity index (χ4n) is 5.29. The molecule has 224 valence electrons. The van der Waals surface area contributed by atoms with Crippen LogP contribution in [0.15, 0.2) is 69.6 Å². The lowest BCUT2D eigenvalue weighted by Crippen LogP contribution is -2.40. The van der Waals surface area contributed by atoms with Crippen molar-refractivity contribution in [3.63, 3.8) is 0 Å². The first-order valence-corrected chi connectivity index (χ1v) is 17.1. The zero-order chi connectivity index (χ0) is 30.8. The molecule has 4 aromatic rings. The lowest BCUT2D eigenvalue weighted by atomic mass is 9.90. The molecule has 10 heteroatoms. The molecular weight excluding hydrogens is 790 g/mol.